The summed E-state index contributed by atoms with van der Waals surface area (Å²) in [6, 6.07) is 0. The molecule has 3 heteroatoms. The van der Waals surface area contributed by atoms with Crippen molar-refractivity contribution in [3.63, 3.8) is 0 Å². The third-order valence-electron chi connectivity index (χ3n) is 1.81. The maximum absolute atomic E-state index is 11.1. The van der Waals surface area contributed by atoms with E-state index in [9.17, 15) is 9.59 Å². The maximum Gasteiger partial charge on any atom is 0.306 e. The first-order valence-corrected chi connectivity index (χ1v) is 4.87. The number of esters is 1. The van der Waals surface area contributed by atoms with Crippen LogP contribution in [0.5, 0.6) is 0 Å². The lowest BCUT2D eigenvalue weighted by molar-refractivity contribution is -0.146. The summed E-state index contributed by atoms with van der Waals surface area (Å²) in [6.45, 7) is 6.83. The van der Waals surface area contributed by atoms with Crippen LogP contribution < -0.4 is 0 Å². The molecule has 1 unspecified atom stereocenters. The largest absolute Gasteiger partial charge is 0.458 e. The summed E-state index contributed by atoms with van der Waals surface area (Å²) < 4.78 is 4.96. The average Bonchev–Trinajstić information content (AvgIpc) is 2.12. The first-order chi connectivity index (χ1) is 6.56. The summed E-state index contributed by atoms with van der Waals surface area (Å²) in [4.78, 5) is 21.7. The fourth-order valence-corrected chi connectivity index (χ4v) is 0.958. The number of carbonyl (C=O) groups is 2. The summed E-state index contributed by atoms with van der Waals surface area (Å²) in [6.07, 6.45) is 3.74. The van der Waals surface area contributed by atoms with Crippen LogP contribution in [-0.4, -0.2) is 17.9 Å². The number of hydrogen-bond acceptors (Lipinski definition) is 3. The lowest BCUT2D eigenvalue weighted by Gasteiger charge is -2.07. The minimum absolute atomic E-state index is 0.165. The maximum atomic E-state index is 11.1. The molecular formula is C11H18O3. The van der Waals surface area contributed by atoms with E-state index >= 15 is 0 Å². The monoisotopic (exact) mass is 198 g/mol. The Hall–Kier alpha value is -1.12. The molecule has 0 aliphatic rings. The molecular weight excluding hydrogens is 180 g/mol. The molecule has 3 nitrogen and oxygen atoms in total. The van der Waals surface area contributed by atoms with Crippen molar-refractivity contribution in [2.45, 2.75) is 45.6 Å². The van der Waals surface area contributed by atoms with E-state index in [1.165, 1.54) is 0 Å². The third kappa shape index (κ3) is 7.53. The molecule has 0 aromatic rings. The van der Waals surface area contributed by atoms with Crippen LogP contribution in [0.1, 0.15) is 39.5 Å². The summed E-state index contributed by atoms with van der Waals surface area (Å²) in [7, 11) is 0. The molecule has 0 aromatic carbocycles. The van der Waals surface area contributed by atoms with E-state index < -0.39 is 0 Å². The van der Waals surface area contributed by atoms with E-state index in [2.05, 4.69) is 6.58 Å². The molecule has 0 bridgehead atoms. The molecule has 0 radical (unpaired) electrons. The highest BCUT2D eigenvalue weighted by molar-refractivity contribution is 5.75. The molecule has 0 aliphatic heterocycles. The van der Waals surface area contributed by atoms with E-state index in [4.69, 9.17) is 4.74 Å². The van der Waals surface area contributed by atoms with Gasteiger partial charge >= 0.3 is 5.97 Å². The number of carbonyl (C=O) groups excluding carboxylic acids is 2. The normalized spacial score (nSPS) is 11.9. The van der Waals surface area contributed by atoms with Gasteiger partial charge in [0.2, 0.25) is 0 Å². The van der Waals surface area contributed by atoms with Crippen molar-refractivity contribution >= 4 is 11.8 Å². The average molecular weight is 198 g/mol. The zero-order valence-corrected chi connectivity index (χ0v) is 8.91. The first-order valence-electron chi connectivity index (χ1n) is 4.87. The first kappa shape index (κ1) is 12.9. The van der Waals surface area contributed by atoms with Crippen molar-refractivity contribution in [3.05, 3.63) is 12.7 Å². The van der Waals surface area contributed by atoms with Crippen LogP contribution in [0.2, 0.25) is 0 Å². The smallest absolute Gasteiger partial charge is 0.306 e. The van der Waals surface area contributed by atoms with Crippen molar-refractivity contribution in [3.8, 4) is 0 Å². The van der Waals surface area contributed by atoms with Crippen LogP contribution in [0, 0.1) is 0 Å². The Morgan fingerprint density at radius 3 is 2.43 bits per heavy atom. The molecule has 0 amide bonds. The van der Waals surface area contributed by atoms with E-state index in [0.717, 1.165) is 6.42 Å². The molecule has 0 saturated carbocycles. The fraction of sp³-hybridized carbons (Fsp3) is 0.636. The zero-order valence-electron chi connectivity index (χ0n) is 8.91. The minimum atomic E-state index is -0.227. The molecule has 0 heterocycles. The summed E-state index contributed by atoms with van der Waals surface area (Å²) in [5, 5.41) is 0. The molecule has 14 heavy (non-hydrogen) atoms. The van der Waals surface area contributed by atoms with Gasteiger partial charge in [0.25, 0.3) is 0 Å². The number of Topliss-reactive ketones (excluding diaryl/α,β-unsaturated/α-hetero) is 1. The Kier molecular flexibility index (Phi) is 6.72. The molecule has 0 saturated heterocycles. The number of hydrogen-bond donors (Lipinski definition) is 0. The SMILES string of the molecule is C=CC(C)OC(=O)CCCCC(C)=O. The van der Waals surface area contributed by atoms with Crippen LogP contribution >= 0.6 is 0 Å². The highest BCUT2D eigenvalue weighted by atomic mass is 16.5. The molecule has 0 aromatic heterocycles. The van der Waals surface area contributed by atoms with Crippen molar-refractivity contribution in [2.24, 2.45) is 0 Å². The van der Waals surface area contributed by atoms with Gasteiger partial charge in [0.1, 0.15) is 11.9 Å². The predicted octanol–water partition coefficient (Wildman–Crippen LogP) is 2.25. The van der Waals surface area contributed by atoms with Gasteiger partial charge in [0, 0.05) is 12.8 Å². The third-order valence-corrected chi connectivity index (χ3v) is 1.81. The van der Waals surface area contributed by atoms with Gasteiger partial charge in [-0.1, -0.05) is 12.7 Å². The summed E-state index contributed by atoms with van der Waals surface area (Å²) in [5.41, 5.74) is 0. The zero-order chi connectivity index (χ0) is 11.0. The Balaban J connectivity index is 3.44. The van der Waals surface area contributed by atoms with Gasteiger partial charge in [-0.25, -0.2) is 0 Å². The number of ether oxygens (including phenoxy) is 1. The summed E-state index contributed by atoms with van der Waals surface area (Å²) in [5.74, 6) is -0.0567. The van der Waals surface area contributed by atoms with E-state index in [0.29, 0.717) is 19.3 Å². The van der Waals surface area contributed by atoms with Crippen LogP contribution in [-0.2, 0) is 14.3 Å². The molecule has 0 aliphatic carbocycles. The van der Waals surface area contributed by atoms with Gasteiger partial charge in [-0.3, -0.25) is 4.79 Å². The second-order valence-electron chi connectivity index (χ2n) is 3.34. The fourth-order valence-electron chi connectivity index (χ4n) is 0.958. The Morgan fingerprint density at radius 1 is 1.36 bits per heavy atom. The second-order valence-corrected chi connectivity index (χ2v) is 3.34. The highest BCUT2D eigenvalue weighted by Crippen LogP contribution is 2.03. The topological polar surface area (TPSA) is 43.4 Å². The van der Waals surface area contributed by atoms with E-state index in [1.807, 2.05) is 0 Å². The quantitative estimate of drug-likeness (QED) is 0.358. The van der Waals surface area contributed by atoms with Gasteiger partial charge in [-0.2, -0.15) is 0 Å². The molecule has 0 N–H and O–H groups in total. The van der Waals surface area contributed by atoms with Crippen molar-refractivity contribution in [1.29, 1.82) is 0 Å². The van der Waals surface area contributed by atoms with E-state index in [-0.39, 0.29) is 17.9 Å². The number of rotatable bonds is 7. The van der Waals surface area contributed by atoms with Gasteiger partial charge in [0.15, 0.2) is 0 Å². The van der Waals surface area contributed by atoms with Crippen LogP contribution in [0.15, 0.2) is 12.7 Å². The van der Waals surface area contributed by atoms with Crippen LogP contribution in [0.3, 0.4) is 0 Å². The van der Waals surface area contributed by atoms with Gasteiger partial charge < -0.3 is 9.53 Å². The Bertz CT molecular complexity index is 209. The lowest BCUT2D eigenvalue weighted by atomic mass is 10.1. The molecule has 1 atom stereocenters. The second kappa shape index (κ2) is 7.30. The molecule has 80 valence electrons. The van der Waals surface area contributed by atoms with E-state index in [1.54, 1.807) is 19.9 Å². The molecule has 0 spiro atoms. The highest BCUT2D eigenvalue weighted by Gasteiger charge is 2.05. The van der Waals surface area contributed by atoms with Crippen LogP contribution in [0.4, 0.5) is 0 Å². The minimum Gasteiger partial charge on any atom is -0.458 e. The molecule has 0 rings (SSSR count). The van der Waals surface area contributed by atoms with Gasteiger partial charge in [-0.15, -0.1) is 0 Å². The van der Waals surface area contributed by atoms with Crippen molar-refractivity contribution in [1.82, 2.24) is 0 Å². The standard InChI is InChI=1S/C11H18O3/c1-4-10(3)14-11(13)8-6-5-7-9(2)12/h4,10H,1,5-8H2,2-3H3. The summed E-state index contributed by atoms with van der Waals surface area (Å²) >= 11 is 0. The predicted molar refractivity (Wildman–Crippen MR) is 54.9 cm³/mol. The van der Waals surface area contributed by atoms with Crippen LogP contribution in [0.25, 0.3) is 0 Å². The number of ketones is 1. The Morgan fingerprint density at radius 2 is 1.93 bits per heavy atom. The van der Waals surface area contributed by atoms with Gasteiger partial charge in [-0.05, 0) is 26.7 Å². The van der Waals surface area contributed by atoms with Crippen molar-refractivity contribution < 1.29 is 14.3 Å². The van der Waals surface area contributed by atoms with Gasteiger partial charge in [0.05, 0.1) is 0 Å². The molecule has 0 fully saturated rings. The van der Waals surface area contributed by atoms with Crippen molar-refractivity contribution in [2.75, 3.05) is 0 Å². The lowest BCUT2D eigenvalue weighted by Crippen LogP contribution is -2.11. The Labute approximate surface area is 85.1 Å². The number of unbranched alkanes of at least 4 members (excludes halogenated alkanes) is 1.